The summed E-state index contributed by atoms with van der Waals surface area (Å²) >= 11 is 1.45. The summed E-state index contributed by atoms with van der Waals surface area (Å²) in [6.45, 7) is 2.82. The Hall–Kier alpha value is -3.85. The number of rotatable bonds is 7. The van der Waals surface area contributed by atoms with Crippen molar-refractivity contribution in [2.45, 2.75) is 20.0 Å². The molecule has 2 aromatic carbocycles. The van der Waals surface area contributed by atoms with Crippen LogP contribution in [-0.2, 0) is 17.9 Å². The van der Waals surface area contributed by atoms with Crippen LogP contribution >= 0.6 is 11.3 Å². The first-order valence-corrected chi connectivity index (χ1v) is 11.1. The monoisotopic (exact) mass is 444 g/mol. The lowest BCUT2D eigenvalue weighted by Gasteiger charge is -2.19. The summed E-state index contributed by atoms with van der Waals surface area (Å²) < 4.78 is 8.30. The molecule has 0 bridgehead atoms. The molecule has 9 heteroatoms. The minimum absolute atomic E-state index is 0.0432. The minimum Gasteiger partial charge on any atom is -0.492 e. The zero-order valence-electron chi connectivity index (χ0n) is 17.4. The van der Waals surface area contributed by atoms with E-state index in [1.165, 1.54) is 11.3 Å². The number of thiazole rings is 1. The number of carbonyl (C=O) groups excluding carboxylic acids is 1. The Morgan fingerprint density at radius 3 is 2.81 bits per heavy atom. The van der Waals surface area contributed by atoms with E-state index in [-0.39, 0.29) is 12.5 Å². The second kappa shape index (κ2) is 8.72. The number of aromatic nitrogens is 5. The number of ether oxygens (including phenoxy) is 1. The van der Waals surface area contributed by atoms with E-state index in [2.05, 4.69) is 15.3 Å². The summed E-state index contributed by atoms with van der Waals surface area (Å²) in [6.07, 6.45) is 1.72. The van der Waals surface area contributed by atoms with E-state index in [1.807, 2.05) is 67.6 Å². The Balaban J connectivity index is 1.52. The van der Waals surface area contributed by atoms with Crippen molar-refractivity contribution in [3.63, 3.8) is 0 Å². The summed E-state index contributed by atoms with van der Waals surface area (Å²) in [4.78, 5) is 24.3. The van der Waals surface area contributed by atoms with Crippen LogP contribution in [0.4, 0.5) is 5.13 Å². The molecule has 0 spiro atoms. The second-order valence-corrected chi connectivity index (χ2v) is 8.08. The Labute approximate surface area is 188 Å². The van der Waals surface area contributed by atoms with Gasteiger partial charge in [0.15, 0.2) is 5.13 Å². The first kappa shape index (κ1) is 20.1. The van der Waals surface area contributed by atoms with Crippen molar-refractivity contribution in [3.05, 3.63) is 72.6 Å². The van der Waals surface area contributed by atoms with Gasteiger partial charge in [0.25, 0.3) is 5.91 Å². The van der Waals surface area contributed by atoms with Gasteiger partial charge in [-0.05, 0) is 43.3 Å². The Bertz CT molecular complexity index is 1380. The van der Waals surface area contributed by atoms with Crippen LogP contribution in [0.25, 0.3) is 21.3 Å². The number of hydrogen-bond acceptors (Lipinski definition) is 7. The molecule has 3 aromatic heterocycles. The topological polar surface area (TPSA) is 86.0 Å². The highest BCUT2D eigenvalue weighted by Gasteiger charge is 2.23. The lowest BCUT2D eigenvalue weighted by atomic mass is 10.3. The molecule has 32 heavy (non-hydrogen) atoms. The number of pyridine rings is 1. The fraction of sp³-hybridized carbons (Fsp3) is 0.174. The van der Waals surface area contributed by atoms with Crippen molar-refractivity contribution >= 4 is 43.6 Å². The van der Waals surface area contributed by atoms with Gasteiger partial charge in [-0.25, -0.2) is 9.67 Å². The lowest BCUT2D eigenvalue weighted by Crippen LogP contribution is -2.34. The van der Waals surface area contributed by atoms with Gasteiger partial charge < -0.3 is 4.74 Å². The molecule has 0 aliphatic heterocycles. The number of hydrogen-bond donors (Lipinski definition) is 0. The average Bonchev–Trinajstić information content (AvgIpc) is 3.43. The molecule has 0 atom stereocenters. The van der Waals surface area contributed by atoms with Gasteiger partial charge in [0.1, 0.15) is 23.3 Å². The standard InChI is InChI=1S/C23H20N6O2S/c1-2-31-19-11-7-12-20-22(19)25-23(32-20)28(14-16-8-5-6-13-24-16)21(30)15-29-18-10-4-3-9-17(18)26-27-29/h3-13H,2,14-15H2,1H3. The molecule has 8 nitrogen and oxygen atoms in total. The van der Waals surface area contributed by atoms with E-state index in [4.69, 9.17) is 9.72 Å². The van der Waals surface area contributed by atoms with Crippen molar-refractivity contribution in [1.29, 1.82) is 0 Å². The van der Waals surface area contributed by atoms with Crippen LogP contribution in [0.2, 0.25) is 0 Å². The third-order valence-electron chi connectivity index (χ3n) is 4.95. The van der Waals surface area contributed by atoms with E-state index in [9.17, 15) is 4.79 Å². The average molecular weight is 445 g/mol. The summed E-state index contributed by atoms with van der Waals surface area (Å²) in [5, 5.41) is 8.91. The smallest absolute Gasteiger partial charge is 0.250 e. The Morgan fingerprint density at radius 2 is 1.97 bits per heavy atom. The predicted octanol–water partition coefficient (Wildman–Crippen LogP) is 4.07. The largest absolute Gasteiger partial charge is 0.492 e. The molecule has 3 heterocycles. The molecule has 0 N–H and O–H groups in total. The van der Waals surface area contributed by atoms with Gasteiger partial charge in [0.2, 0.25) is 0 Å². The van der Waals surface area contributed by atoms with Crippen molar-refractivity contribution in [2.24, 2.45) is 0 Å². The van der Waals surface area contributed by atoms with Crippen molar-refractivity contribution < 1.29 is 9.53 Å². The maximum absolute atomic E-state index is 13.5. The van der Waals surface area contributed by atoms with Crippen LogP contribution in [0, 0.1) is 0 Å². The van der Waals surface area contributed by atoms with E-state index in [0.29, 0.717) is 24.0 Å². The van der Waals surface area contributed by atoms with Crippen LogP contribution in [0.15, 0.2) is 66.9 Å². The highest BCUT2D eigenvalue weighted by atomic mass is 32.1. The lowest BCUT2D eigenvalue weighted by molar-refractivity contribution is -0.119. The Morgan fingerprint density at radius 1 is 1.09 bits per heavy atom. The molecule has 1 amide bonds. The van der Waals surface area contributed by atoms with Crippen LogP contribution in [0.1, 0.15) is 12.6 Å². The van der Waals surface area contributed by atoms with Crippen molar-refractivity contribution in [2.75, 3.05) is 11.5 Å². The molecular formula is C23H20N6O2S. The van der Waals surface area contributed by atoms with Crippen LogP contribution in [-0.4, -0.2) is 37.5 Å². The Kier molecular flexibility index (Phi) is 5.47. The third kappa shape index (κ3) is 3.90. The number of carbonyl (C=O) groups is 1. The fourth-order valence-corrected chi connectivity index (χ4v) is 4.46. The zero-order valence-corrected chi connectivity index (χ0v) is 18.2. The number of fused-ring (bicyclic) bond motifs is 2. The second-order valence-electron chi connectivity index (χ2n) is 7.07. The fourth-order valence-electron chi connectivity index (χ4n) is 3.46. The number of benzene rings is 2. The maximum Gasteiger partial charge on any atom is 0.250 e. The molecule has 5 rings (SSSR count). The molecule has 0 aliphatic carbocycles. The SMILES string of the molecule is CCOc1cccc2sc(N(Cc3ccccn3)C(=O)Cn3nnc4ccccc43)nc12. The summed E-state index contributed by atoms with van der Waals surface area (Å²) in [5.41, 5.74) is 3.08. The van der Waals surface area contributed by atoms with Crippen LogP contribution in [0.5, 0.6) is 5.75 Å². The molecule has 0 saturated carbocycles. The molecule has 5 aromatic rings. The number of anilines is 1. The first-order valence-electron chi connectivity index (χ1n) is 10.2. The normalized spacial score (nSPS) is 11.2. The van der Waals surface area contributed by atoms with E-state index < -0.39 is 0 Å². The predicted molar refractivity (Wildman–Crippen MR) is 124 cm³/mol. The van der Waals surface area contributed by atoms with Crippen molar-refractivity contribution in [1.82, 2.24) is 25.0 Å². The van der Waals surface area contributed by atoms with Gasteiger partial charge in [-0.2, -0.15) is 0 Å². The zero-order chi connectivity index (χ0) is 21.9. The van der Waals surface area contributed by atoms with Gasteiger partial charge in [-0.3, -0.25) is 14.7 Å². The molecule has 0 saturated heterocycles. The third-order valence-corrected chi connectivity index (χ3v) is 6.00. The van der Waals surface area contributed by atoms with Gasteiger partial charge in [-0.15, -0.1) is 5.10 Å². The quantitative estimate of drug-likeness (QED) is 0.376. The van der Waals surface area contributed by atoms with Gasteiger partial charge >= 0.3 is 0 Å². The van der Waals surface area contributed by atoms with E-state index >= 15 is 0 Å². The van der Waals surface area contributed by atoms with Gasteiger partial charge in [-0.1, -0.05) is 40.8 Å². The summed E-state index contributed by atoms with van der Waals surface area (Å²) in [7, 11) is 0. The highest BCUT2D eigenvalue weighted by Crippen LogP contribution is 2.35. The minimum atomic E-state index is -0.150. The van der Waals surface area contributed by atoms with E-state index in [0.717, 1.165) is 26.9 Å². The molecule has 0 unspecified atom stereocenters. The van der Waals surface area contributed by atoms with E-state index in [1.54, 1.807) is 15.8 Å². The summed E-state index contributed by atoms with van der Waals surface area (Å²) in [6, 6.07) is 19.0. The summed E-state index contributed by atoms with van der Waals surface area (Å²) in [5.74, 6) is 0.559. The maximum atomic E-state index is 13.5. The molecule has 160 valence electrons. The van der Waals surface area contributed by atoms with Crippen molar-refractivity contribution in [3.8, 4) is 5.75 Å². The first-order chi connectivity index (χ1) is 15.7. The molecular weight excluding hydrogens is 424 g/mol. The van der Waals surface area contributed by atoms with Crippen LogP contribution < -0.4 is 9.64 Å². The van der Waals surface area contributed by atoms with Gasteiger partial charge in [0.05, 0.1) is 29.1 Å². The number of amides is 1. The molecule has 0 aliphatic rings. The highest BCUT2D eigenvalue weighted by molar-refractivity contribution is 7.22. The number of para-hydroxylation sites is 2. The number of nitrogens with zero attached hydrogens (tertiary/aromatic N) is 6. The molecule has 0 fully saturated rings. The van der Waals surface area contributed by atoms with Gasteiger partial charge in [0, 0.05) is 6.20 Å². The molecule has 0 radical (unpaired) electrons. The van der Waals surface area contributed by atoms with Crippen LogP contribution in [0.3, 0.4) is 0 Å².